The number of carbonyl (C=O) groups is 1. The fourth-order valence-corrected chi connectivity index (χ4v) is 3.50. The van der Waals surface area contributed by atoms with Crippen LogP contribution in [0.4, 0.5) is 0 Å². The molecular weight excluding hydrogens is 208 g/mol. The smallest absolute Gasteiger partial charge is 0.127 e. The Morgan fingerprint density at radius 2 is 1.88 bits per heavy atom. The summed E-state index contributed by atoms with van der Waals surface area (Å²) in [4.78, 5) is 11.0. The Morgan fingerprint density at radius 1 is 1.06 bits per heavy atom. The van der Waals surface area contributed by atoms with Crippen molar-refractivity contribution in [2.24, 2.45) is 0 Å². The highest BCUT2D eigenvalue weighted by Crippen LogP contribution is 2.37. The third-order valence-electron chi connectivity index (χ3n) is 4.53. The summed E-state index contributed by atoms with van der Waals surface area (Å²) in [6, 6.07) is 6.87. The Bertz CT molecular complexity index is 416. The Morgan fingerprint density at radius 3 is 2.65 bits per heavy atom. The molecule has 1 unspecified atom stereocenters. The fourth-order valence-electron chi connectivity index (χ4n) is 3.50. The Labute approximate surface area is 103 Å². The molecule has 0 spiro atoms. The van der Waals surface area contributed by atoms with Crippen LogP contribution in [0.3, 0.4) is 0 Å². The molecule has 0 radical (unpaired) electrons. The first-order chi connectivity index (χ1) is 8.38. The average molecular weight is 228 g/mol. The molecule has 90 valence electrons. The molecule has 1 nitrogen and oxygen atoms in total. The molecule has 0 amide bonds. The van der Waals surface area contributed by atoms with Crippen LogP contribution in [-0.2, 0) is 11.2 Å². The molecular formula is C16H20O. The van der Waals surface area contributed by atoms with E-state index in [2.05, 4.69) is 18.2 Å². The largest absolute Gasteiger partial charge is 0.303 e. The van der Waals surface area contributed by atoms with Crippen LogP contribution < -0.4 is 0 Å². The zero-order chi connectivity index (χ0) is 11.7. The molecule has 0 aromatic heterocycles. The van der Waals surface area contributed by atoms with Gasteiger partial charge in [-0.2, -0.15) is 0 Å². The molecule has 0 saturated heterocycles. The minimum atomic E-state index is 0.172. The van der Waals surface area contributed by atoms with E-state index in [0.29, 0.717) is 0 Å². The summed E-state index contributed by atoms with van der Waals surface area (Å²) < 4.78 is 0. The summed E-state index contributed by atoms with van der Waals surface area (Å²) in [5.41, 5.74) is 4.25. The molecule has 1 aromatic rings. The van der Waals surface area contributed by atoms with E-state index in [1.54, 1.807) is 0 Å². The van der Waals surface area contributed by atoms with E-state index in [1.807, 2.05) is 0 Å². The average Bonchev–Trinajstić information content (AvgIpc) is 2.81. The second-order valence-corrected chi connectivity index (χ2v) is 5.57. The van der Waals surface area contributed by atoms with E-state index in [9.17, 15) is 4.79 Å². The van der Waals surface area contributed by atoms with Crippen molar-refractivity contribution in [1.82, 2.24) is 0 Å². The van der Waals surface area contributed by atoms with Crippen molar-refractivity contribution >= 4 is 6.29 Å². The van der Waals surface area contributed by atoms with Gasteiger partial charge in [-0.1, -0.05) is 37.5 Å². The van der Waals surface area contributed by atoms with Crippen molar-refractivity contribution in [3.8, 4) is 0 Å². The van der Waals surface area contributed by atoms with Crippen LogP contribution in [0, 0.1) is 0 Å². The van der Waals surface area contributed by atoms with Crippen LogP contribution in [0.1, 0.15) is 67.1 Å². The minimum absolute atomic E-state index is 0.172. The standard InChI is InChI=1S/C16H20O/c17-11-15-7-6-14-10-13(8-9-16(14)15)12-4-2-1-3-5-12/h8-12,15H,1-7H2. The number of aldehydes is 1. The number of hydrogen-bond acceptors (Lipinski definition) is 1. The Kier molecular flexibility index (Phi) is 3.00. The highest BCUT2D eigenvalue weighted by Gasteiger charge is 2.23. The van der Waals surface area contributed by atoms with Gasteiger partial charge in [-0.15, -0.1) is 0 Å². The van der Waals surface area contributed by atoms with Gasteiger partial charge in [0.25, 0.3) is 0 Å². The van der Waals surface area contributed by atoms with Crippen LogP contribution in [0.25, 0.3) is 0 Å². The van der Waals surface area contributed by atoms with Crippen LogP contribution in [0.5, 0.6) is 0 Å². The monoisotopic (exact) mass is 228 g/mol. The summed E-state index contributed by atoms with van der Waals surface area (Å²) in [6.45, 7) is 0. The lowest BCUT2D eigenvalue weighted by molar-refractivity contribution is -0.109. The lowest BCUT2D eigenvalue weighted by atomic mass is 9.83. The van der Waals surface area contributed by atoms with Gasteiger partial charge < -0.3 is 4.79 Å². The van der Waals surface area contributed by atoms with Gasteiger partial charge in [0.2, 0.25) is 0 Å². The molecule has 1 atom stereocenters. The van der Waals surface area contributed by atoms with E-state index in [0.717, 1.165) is 25.0 Å². The number of rotatable bonds is 2. The minimum Gasteiger partial charge on any atom is -0.303 e. The van der Waals surface area contributed by atoms with Gasteiger partial charge in [-0.25, -0.2) is 0 Å². The van der Waals surface area contributed by atoms with E-state index in [-0.39, 0.29) is 5.92 Å². The lowest BCUT2D eigenvalue weighted by Gasteiger charge is -2.22. The van der Waals surface area contributed by atoms with Gasteiger partial charge in [0.05, 0.1) is 0 Å². The first kappa shape index (κ1) is 11.0. The quantitative estimate of drug-likeness (QED) is 0.700. The Hall–Kier alpha value is -1.11. The van der Waals surface area contributed by atoms with Crippen LogP contribution in [0.2, 0.25) is 0 Å². The number of fused-ring (bicyclic) bond motifs is 1. The molecule has 1 heteroatoms. The van der Waals surface area contributed by atoms with Crippen LogP contribution >= 0.6 is 0 Å². The molecule has 3 rings (SSSR count). The van der Waals surface area contributed by atoms with Crippen molar-refractivity contribution < 1.29 is 4.79 Å². The molecule has 1 fully saturated rings. The number of hydrogen-bond donors (Lipinski definition) is 0. The molecule has 0 N–H and O–H groups in total. The van der Waals surface area contributed by atoms with Crippen molar-refractivity contribution in [3.63, 3.8) is 0 Å². The molecule has 0 heterocycles. The molecule has 2 aliphatic carbocycles. The molecule has 17 heavy (non-hydrogen) atoms. The third-order valence-corrected chi connectivity index (χ3v) is 4.53. The van der Waals surface area contributed by atoms with E-state index in [4.69, 9.17) is 0 Å². The van der Waals surface area contributed by atoms with Gasteiger partial charge in [-0.05, 0) is 48.3 Å². The summed E-state index contributed by atoms with van der Waals surface area (Å²) >= 11 is 0. The summed E-state index contributed by atoms with van der Waals surface area (Å²) in [5, 5.41) is 0. The van der Waals surface area contributed by atoms with E-state index >= 15 is 0 Å². The van der Waals surface area contributed by atoms with Crippen molar-refractivity contribution in [3.05, 3.63) is 34.9 Å². The normalized spacial score (nSPS) is 24.6. The Balaban J connectivity index is 1.86. The lowest BCUT2D eigenvalue weighted by Crippen LogP contribution is -2.05. The number of carbonyl (C=O) groups excluding carboxylic acids is 1. The van der Waals surface area contributed by atoms with Crippen molar-refractivity contribution in [1.29, 1.82) is 0 Å². The topological polar surface area (TPSA) is 17.1 Å². The first-order valence-corrected chi connectivity index (χ1v) is 6.96. The van der Waals surface area contributed by atoms with Crippen LogP contribution in [0.15, 0.2) is 18.2 Å². The van der Waals surface area contributed by atoms with Crippen molar-refractivity contribution in [2.45, 2.75) is 56.8 Å². The van der Waals surface area contributed by atoms with E-state index < -0.39 is 0 Å². The first-order valence-electron chi connectivity index (χ1n) is 6.96. The highest BCUT2D eigenvalue weighted by atomic mass is 16.1. The SMILES string of the molecule is O=CC1CCc2cc(C3CCCCC3)ccc21. The molecule has 1 saturated carbocycles. The molecule has 1 aromatic carbocycles. The van der Waals surface area contributed by atoms with Crippen LogP contribution in [-0.4, -0.2) is 6.29 Å². The van der Waals surface area contributed by atoms with Gasteiger partial charge in [-0.3, -0.25) is 0 Å². The maximum Gasteiger partial charge on any atom is 0.127 e. The number of aryl methyl sites for hydroxylation is 1. The summed E-state index contributed by atoms with van der Waals surface area (Å²) in [7, 11) is 0. The second-order valence-electron chi connectivity index (χ2n) is 5.57. The van der Waals surface area contributed by atoms with Gasteiger partial charge >= 0.3 is 0 Å². The predicted molar refractivity (Wildman–Crippen MR) is 69.4 cm³/mol. The maximum absolute atomic E-state index is 11.0. The van der Waals surface area contributed by atoms with Gasteiger partial charge in [0.1, 0.15) is 6.29 Å². The molecule has 0 bridgehead atoms. The molecule has 2 aliphatic rings. The second kappa shape index (κ2) is 4.64. The van der Waals surface area contributed by atoms with Gasteiger partial charge in [0.15, 0.2) is 0 Å². The van der Waals surface area contributed by atoms with E-state index in [1.165, 1.54) is 48.8 Å². The zero-order valence-electron chi connectivity index (χ0n) is 10.3. The zero-order valence-corrected chi connectivity index (χ0v) is 10.3. The summed E-state index contributed by atoms with van der Waals surface area (Å²) in [6.07, 6.45) is 10.1. The maximum atomic E-state index is 11.0. The fraction of sp³-hybridized carbons (Fsp3) is 0.562. The third kappa shape index (κ3) is 2.03. The predicted octanol–water partition coefficient (Wildman–Crippen LogP) is 3.96. The van der Waals surface area contributed by atoms with Crippen molar-refractivity contribution in [2.75, 3.05) is 0 Å². The summed E-state index contributed by atoms with van der Waals surface area (Å²) in [5.74, 6) is 0.953. The highest BCUT2D eigenvalue weighted by molar-refractivity contribution is 5.65. The number of benzene rings is 1. The van der Waals surface area contributed by atoms with Gasteiger partial charge in [0, 0.05) is 5.92 Å². The molecule has 0 aliphatic heterocycles.